The molecule has 288 valence electrons. The predicted octanol–water partition coefficient (Wildman–Crippen LogP) is 12.4. The first-order chi connectivity index (χ1) is 25.4. The topological polar surface area (TPSA) is 39.3 Å². The van der Waals surface area contributed by atoms with Crippen LogP contribution in [0.5, 0.6) is 0 Å². The van der Waals surface area contributed by atoms with Gasteiger partial charge in [0, 0.05) is 48.3 Å². The highest BCUT2D eigenvalue weighted by Crippen LogP contribution is 2.30. The van der Waals surface area contributed by atoms with Gasteiger partial charge in [-0.1, -0.05) is 109 Å². The maximum absolute atomic E-state index is 13.7. The molecule has 1 atom stereocenters. The monoisotopic (exact) mass is 721 g/mol. The number of halogens is 1. The van der Waals surface area contributed by atoms with Gasteiger partial charge in [-0.3, -0.25) is 0 Å². The molecule has 4 rings (SSSR count). The Kier molecular flexibility index (Phi) is 22.9. The molecule has 0 aliphatic carbocycles. The third kappa shape index (κ3) is 17.2. The molecule has 0 saturated carbocycles. The van der Waals surface area contributed by atoms with Crippen LogP contribution in [0.4, 0.5) is 10.1 Å². The number of benzene rings is 3. The Morgan fingerprint density at radius 3 is 2.04 bits per heavy atom. The van der Waals surface area contributed by atoms with E-state index in [9.17, 15) is 4.39 Å². The van der Waals surface area contributed by atoms with E-state index < -0.39 is 0 Å². The van der Waals surface area contributed by atoms with Crippen LogP contribution in [0.3, 0.4) is 0 Å². The zero-order chi connectivity index (χ0) is 39.8. The van der Waals surface area contributed by atoms with Crippen molar-refractivity contribution in [1.29, 1.82) is 0 Å². The van der Waals surface area contributed by atoms with Crippen molar-refractivity contribution in [2.24, 2.45) is 5.92 Å². The molecule has 0 amide bonds. The fourth-order valence-electron chi connectivity index (χ4n) is 5.29. The summed E-state index contributed by atoms with van der Waals surface area (Å²) in [7, 11) is 1.93. The third-order valence-corrected chi connectivity index (χ3v) is 8.77. The standard InChI is InChI=1S/C38H45FN4.C5H12.C3H6.C2H6/c1-7-41-38(33-13-11-12-27(2)22-33)19-18-36(42-30(5)29(4)40-6)24-31-23-34(28(3)32-14-16-35(39)17-15-32)26-37(25-31)43-20-9-8-10-21-43;1-4-5(2)3;1-3-2;1-2/h7,11-19,22-23,25-26,29,40-42H,1,3,5,8-10,20-21,24H2,2,4,6H3;5H,4H2,1-3H3;3H,1H2,2H3;1-2H3/b36-18+,38-19-;;;. The number of nitrogens with zero attached hydrogens (tertiary/aromatic N) is 1. The highest BCUT2D eigenvalue weighted by Gasteiger charge is 2.16. The van der Waals surface area contributed by atoms with Crippen LogP contribution in [0.15, 0.2) is 129 Å². The molecule has 53 heavy (non-hydrogen) atoms. The Morgan fingerprint density at radius 1 is 0.868 bits per heavy atom. The quantitative estimate of drug-likeness (QED) is 0.115. The second kappa shape index (κ2) is 26.2. The van der Waals surface area contributed by atoms with Gasteiger partial charge in [0.05, 0.1) is 0 Å². The predicted molar refractivity (Wildman–Crippen MR) is 234 cm³/mol. The number of anilines is 1. The van der Waals surface area contributed by atoms with Crippen LogP contribution < -0.4 is 20.9 Å². The average molecular weight is 721 g/mol. The van der Waals surface area contributed by atoms with Crippen LogP contribution in [0.2, 0.25) is 0 Å². The number of piperidine rings is 1. The number of hydrogen-bond donors (Lipinski definition) is 3. The van der Waals surface area contributed by atoms with Crippen LogP contribution in [0, 0.1) is 18.7 Å². The van der Waals surface area contributed by atoms with Gasteiger partial charge in [-0.15, -0.1) is 6.58 Å². The van der Waals surface area contributed by atoms with Crippen molar-refractivity contribution in [2.45, 2.75) is 93.5 Å². The Hall–Kier alpha value is -4.61. The van der Waals surface area contributed by atoms with Gasteiger partial charge in [0.15, 0.2) is 0 Å². The highest BCUT2D eigenvalue weighted by molar-refractivity contribution is 5.80. The van der Waals surface area contributed by atoms with Gasteiger partial charge in [-0.2, -0.15) is 0 Å². The first-order valence-corrected chi connectivity index (χ1v) is 19.4. The molecule has 3 aromatic rings. The van der Waals surface area contributed by atoms with E-state index in [2.05, 4.69) is 136 Å². The van der Waals surface area contributed by atoms with Gasteiger partial charge < -0.3 is 20.9 Å². The van der Waals surface area contributed by atoms with Crippen LogP contribution in [-0.4, -0.2) is 26.2 Å². The number of nitrogens with one attached hydrogen (secondary N) is 3. The summed E-state index contributed by atoms with van der Waals surface area (Å²) in [4.78, 5) is 2.47. The first-order valence-electron chi connectivity index (χ1n) is 19.4. The minimum atomic E-state index is -0.250. The number of allylic oxidation sites excluding steroid dienone is 4. The fraction of sp³-hybridized carbons (Fsp3) is 0.375. The maximum Gasteiger partial charge on any atom is 0.123 e. The second-order valence-electron chi connectivity index (χ2n) is 13.5. The van der Waals surface area contributed by atoms with E-state index in [4.69, 9.17) is 0 Å². The lowest BCUT2D eigenvalue weighted by Crippen LogP contribution is -2.31. The molecule has 1 heterocycles. The van der Waals surface area contributed by atoms with Gasteiger partial charge in [0.1, 0.15) is 5.82 Å². The van der Waals surface area contributed by atoms with Crippen molar-refractivity contribution in [2.75, 3.05) is 25.0 Å². The molecule has 0 spiro atoms. The lowest BCUT2D eigenvalue weighted by atomic mass is 9.95. The molecule has 1 aliphatic rings. The maximum atomic E-state index is 13.7. The third-order valence-electron chi connectivity index (χ3n) is 8.77. The number of hydrogen-bond acceptors (Lipinski definition) is 4. The van der Waals surface area contributed by atoms with Crippen LogP contribution >= 0.6 is 0 Å². The normalized spacial score (nSPS) is 13.2. The number of rotatable bonds is 14. The lowest BCUT2D eigenvalue weighted by Gasteiger charge is -2.30. The molecule has 1 fully saturated rings. The Labute approximate surface area is 323 Å². The van der Waals surface area contributed by atoms with Gasteiger partial charge in [-0.05, 0) is 130 Å². The van der Waals surface area contributed by atoms with Crippen LogP contribution in [0.25, 0.3) is 11.3 Å². The summed E-state index contributed by atoms with van der Waals surface area (Å²) >= 11 is 0. The Morgan fingerprint density at radius 2 is 1.49 bits per heavy atom. The van der Waals surface area contributed by atoms with Crippen molar-refractivity contribution < 1.29 is 4.39 Å². The minimum absolute atomic E-state index is 0.0865. The molecule has 1 unspecified atom stereocenters. The molecule has 5 heteroatoms. The van der Waals surface area contributed by atoms with Crippen molar-refractivity contribution in [1.82, 2.24) is 16.0 Å². The van der Waals surface area contributed by atoms with Crippen molar-refractivity contribution in [3.05, 3.63) is 163 Å². The zero-order valence-corrected chi connectivity index (χ0v) is 34.4. The molecule has 0 radical (unpaired) electrons. The van der Waals surface area contributed by atoms with Crippen LogP contribution in [0.1, 0.15) is 102 Å². The van der Waals surface area contributed by atoms with Crippen LogP contribution in [-0.2, 0) is 6.42 Å². The summed E-state index contributed by atoms with van der Waals surface area (Å²) in [5.74, 6) is 0.634. The molecule has 1 saturated heterocycles. The zero-order valence-electron chi connectivity index (χ0n) is 34.4. The summed E-state index contributed by atoms with van der Waals surface area (Å²) in [5, 5.41) is 10.2. The molecule has 1 aliphatic heterocycles. The van der Waals surface area contributed by atoms with Gasteiger partial charge in [0.2, 0.25) is 0 Å². The van der Waals surface area contributed by atoms with E-state index in [0.29, 0.717) is 6.42 Å². The van der Waals surface area contributed by atoms with Gasteiger partial charge >= 0.3 is 0 Å². The van der Waals surface area contributed by atoms with E-state index in [0.717, 1.165) is 63.9 Å². The largest absolute Gasteiger partial charge is 0.372 e. The summed E-state index contributed by atoms with van der Waals surface area (Å²) in [5.41, 5.74) is 10.3. The summed E-state index contributed by atoms with van der Waals surface area (Å²) in [6.07, 6.45) is 13.3. The second-order valence-corrected chi connectivity index (χ2v) is 13.5. The fourth-order valence-corrected chi connectivity index (χ4v) is 5.29. The van der Waals surface area contributed by atoms with Crippen molar-refractivity contribution >= 4 is 17.0 Å². The van der Waals surface area contributed by atoms with Gasteiger partial charge in [0.25, 0.3) is 0 Å². The molecule has 3 N–H and O–H groups in total. The Bertz CT molecular complexity index is 1610. The molecular formula is C48H69FN4. The minimum Gasteiger partial charge on any atom is -0.372 e. The lowest BCUT2D eigenvalue weighted by molar-refractivity contribution is 0.577. The number of aryl methyl sites for hydroxylation is 1. The summed E-state index contributed by atoms with van der Waals surface area (Å²) < 4.78 is 13.7. The molecule has 0 aromatic heterocycles. The first kappa shape index (κ1) is 46.4. The highest BCUT2D eigenvalue weighted by atomic mass is 19.1. The SMILES string of the molecule is C=CC.C=CN/C(=C\C=C(/Cc1cc(C(=C)c2ccc(F)cc2)cc(N2CCCCC2)c1)NC(=C)C(C)NC)c1cccc(C)c1.CC.CCC(C)C. The van der Waals surface area contributed by atoms with E-state index >= 15 is 0 Å². The van der Waals surface area contributed by atoms with E-state index in [1.54, 1.807) is 24.4 Å². The molecular weight excluding hydrogens is 652 g/mol. The van der Waals surface area contributed by atoms with Crippen molar-refractivity contribution in [3.63, 3.8) is 0 Å². The Balaban J connectivity index is 0.00000126. The summed E-state index contributed by atoms with van der Waals surface area (Å²) in [6.45, 7) is 34.8. The smallest absolute Gasteiger partial charge is 0.123 e. The number of likely N-dealkylation sites (N-methyl/N-ethyl adjacent to an activating group) is 1. The molecule has 3 aromatic carbocycles. The van der Waals surface area contributed by atoms with Crippen molar-refractivity contribution in [3.8, 4) is 0 Å². The average Bonchev–Trinajstić information content (AvgIpc) is 3.17. The molecule has 4 nitrogen and oxygen atoms in total. The van der Waals surface area contributed by atoms with E-state index in [-0.39, 0.29) is 11.9 Å². The van der Waals surface area contributed by atoms with Gasteiger partial charge in [-0.25, -0.2) is 4.39 Å². The summed E-state index contributed by atoms with van der Waals surface area (Å²) in [6, 6.07) is 21.8. The van der Waals surface area contributed by atoms with E-state index in [1.807, 2.05) is 27.8 Å². The van der Waals surface area contributed by atoms with E-state index in [1.165, 1.54) is 49.1 Å². The molecule has 0 bridgehead atoms.